The number of nitrogens with one attached hydrogen (secondary N) is 5. The van der Waals surface area contributed by atoms with Gasteiger partial charge in [-0.15, -0.1) is 56.7 Å². The first-order chi connectivity index (χ1) is 37.1. The molecule has 9 rings (SSSR count). The number of aromatic nitrogens is 7. The maximum absolute atomic E-state index is 14.2. The standard InChI is InChI=1S/C50H45N13O8S6/c1-22(2)36-50-63-39(32(77-50)17-70-7)43(68)53-16-35(66)60-40(41(71-24(4)64)25-11-9-8-10-12-25)49-58-31(20-74-49)47-56-29(18-73-47)38-26(13-14-27(54-38)46-59-33(51-5)21-75-46)45-57-30(19-72-45)42(67)55-28(15-34(65)52-6)48-62-37(23(3)76-48)44(69)61-36/h5,8-14,18-22,28,36,40-41H,15-17H2,1-4,6-7H3,(H4-,52,53,55,60,61,65,66,67,68,69)/p+1/t28-,36?,40-,41-/m0/s1. The Hall–Kier alpha value is -7.58. The van der Waals surface area contributed by atoms with Gasteiger partial charge >= 0.3 is 11.8 Å². The van der Waals surface area contributed by atoms with Crippen LogP contribution in [0.25, 0.3) is 48.2 Å². The highest BCUT2D eigenvalue weighted by molar-refractivity contribution is 7.15. The predicted molar refractivity (Wildman–Crippen MR) is 294 cm³/mol. The summed E-state index contributed by atoms with van der Waals surface area (Å²) in [5.41, 5.74) is 3.01. The number of aryl methyl sites for hydroxylation is 1. The third-order valence-corrected chi connectivity index (χ3v) is 17.4. The van der Waals surface area contributed by atoms with E-state index in [1.165, 1.54) is 77.8 Å². The van der Waals surface area contributed by atoms with Crippen LogP contribution in [0.15, 0.2) is 64.0 Å². The molecule has 77 heavy (non-hydrogen) atoms. The summed E-state index contributed by atoms with van der Waals surface area (Å²) < 4.78 is 11.4. The summed E-state index contributed by atoms with van der Waals surface area (Å²) in [6.45, 7) is 11.8. The highest BCUT2D eigenvalue weighted by Gasteiger charge is 2.34. The van der Waals surface area contributed by atoms with Gasteiger partial charge in [0, 0.05) is 47.7 Å². The third kappa shape index (κ3) is 12.2. The molecule has 0 aliphatic carbocycles. The number of fused-ring (bicyclic) bond motifs is 14. The van der Waals surface area contributed by atoms with Gasteiger partial charge in [0.05, 0.1) is 36.5 Å². The lowest BCUT2D eigenvalue weighted by Gasteiger charge is -2.26. The Balaban J connectivity index is 1.15. The highest BCUT2D eigenvalue weighted by atomic mass is 32.1. The number of rotatable bonds is 9. The molecule has 21 nitrogen and oxygen atoms in total. The molecule has 27 heteroatoms. The number of nitrogens with zero attached hydrogens (tertiary/aromatic N) is 8. The van der Waals surface area contributed by atoms with Gasteiger partial charge in [0.25, 0.3) is 22.7 Å². The predicted octanol–water partition coefficient (Wildman–Crippen LogP) is 8.48. The van der Waals surface area contributed by atoms with E-state index in [2.05, 4.69) is 41.4 Å². The molecule has 0 radical (unpaired) electrons. The van der Waals surface area contributed by atoms with Gasteiger partial charge in [-0.25, -0.2) is 29.9 Å². The van der Waals surface area contributed by atoms with Crippen LogP contribution in [0.5, 0.6) is 0 Å². The van der Waals surface area contributed by atoms with E-state index in [9.17, 15) is 28.8 Å². The number of thiazole rings is 6. The van der Waals surface area contributed by atoms with Crippen molar-refractivity contribution in [2.75, 3.05) is 20.7 Å². The minimum absolute atomic E-state index is 0.000339. The minimum atomic E-state index is -1.05. The molecule has 0 saturated heterocycles. The minimum Gasteiger partial charge on any atom is -0.455 e. The second-order valence-corrected chi connectivity index (χ2v) is 23.2. The van der Waals surface area contributed by atoms with Crippen LogP contribution in [0.1, 0.15) is 113 Å². The van der Waals surface area contributed by atoms with Gasteiger partial charge in [0.1, 0.15) is 82.9 Å². The van der Waals surface area contributed by atoms with E-state index in [1.807, 2.05) is 26.0 Å². The normalized spacial score (nSPS) is 16.6. The first-order valence-electron chi connectivity index (χ1n) is 23.4. The zero-order valence-corrected chi connectivity index (χ0v) is 46.6. The molecule has 0 saturated carbocycles. The fraction of sp³-hybridized carbons (Fsp3) is 0.280. The van der Waals surface area contributed by atoms with Gasteiger partial charge in [-0.3, -0.25) is 28.8 Å². The number of amides is 5. The Morgan fingerprint density at radius 3 is 2.17 bits per heavy atom. The van der Waals surface area contributed by atoms with Crippen LogP contribution >= 0.6 is 68.0 Å². The molecular weight excluding hydrogens is 1100 g/mol. The summed E-state index contributed by atoms with van der Waals surface area (Å²) in [6.07, 6.45) is -1.25. The fourth-order valence-corrected chi connectivity index (χ4v) is 13.4. The molecule has 1 unspecified atom stereocenters. The van der Waals surface area contributed by atoms with E-state index >= 15 is 0 Å². The number of carbonyl (C=O) groups is 6. The van der Waals surface area contributed by atoms with Crippen molar-refractivity contribution in [3.05, 3.63) is 116 Å². The van der Waals surface area contributed by atoms with E-state index < -0.39 is 60.4 Å². The second kappa shape index (κ2) is 23.8. The molecule has 10 bridgehead atoms. The summed E-state index contributed by atoms with van der Waals surface area (Å²) in [7, 11) is 2.95. The van der Waals surface area contributed by atoms with E-state index in [1.54, 1.807) is 58.8 Å². The molecule has 1 aliphatic rings. The van der Waals surface area contributed by atoms with Crippen molar-refractivity contribution in [3.63, 3.8) is 0 Å². The second-order valence-electron chi connectivity index (χ2n) is 17.4. The Morgan fingerprint density at radius 2 is 1.44 bits per heavy atom. The number of carbonyl (C=O) groups excluding carboxylic acids is 6. The molecule has 1 aliphatic heterocycles. The van der Waals surface area contributed by atoms with Crippen LogP contribution in [0, 0.1) is 19.4 Å². The van der Waals surface area contributed by atoms with Crippen molar-refractivity contribution in [3.8, 4) is 49.9 Å². The van der Waals surface area contributed by atoms with E-state index in [-0.39, 0.29) is 41.9 Å². The summed E-state index contributed by atoms with van der Waals surface area (Å²) in [6, 6.07) is 9.74. The number of hydrogen-bond acceptors (Lipinski definition) is 21. The van der Waals surface area contributed by atoms with Gasteiger partial charge in [-0.1, -0.05) is 55.5 Å². The van der Waals surface area contributed by atoms with Crippen LogP contribution in [0.3, 0.4) is 0 Å². The average molecular weight is 1150 g/mol. The monoisotopic (exact) mass is 1150 g/mol. The molecule has 4 atom stereocenters. The molecule has 0 fully saturated rings. The maximum atomic E-state index is 14.2. The van der Waals surface area contributed by atoms with Crippen LogP contribution in [-0.4, -0.2) is 91.1 Å². The van der Waals surface area contributed by atoms with Gasteiger partial charge in [-0.05, 0) is 35.5 Å². The lowest BCUT2D eigenvalue weighted by molar-refractivity contribution is -0.149. The van der Waals surface area contributed by atoms with Gasteiger partial charge < -0.3 is 36.1 Å². The third-order valence-electron chi connectivity index (χ3n) is 11.6. The molecule has 394 valence electrons. The number of benzene rings is 1. The van der Waals surface area contributed by atoms with Crippen LogP contribution in [0.2, 0.25) is 0 Å². The smallest absolute Gasteiger partial charge is 0.436 e. The van der Waals surface area contributed by atoms with Crippen molar-refractivity contribution in [1.82, 2.24) is 61.5 Å². The molecule has 7 aromatic heterocycles. The first-order valence-corrected chi connectivity index (χ1v) is 28.6. The van der Waals surface area contributed by atoms with Crippen molar-refractivity contribution in [2.24, 2.45) is 5.92 Å². The van der Waals surface area contributed by atoms with E-state index in [0.717, 1.165) is 11.3 Å². The van der Waals surface area contributed by atoms with Crippen molar-refractivity contribution < 1.29 is 38.2 Å². The zero-order chi connectivity index (χ0) is 54.5. The fourth-order valence-electron chi connectivity index (χ4n) is 7.93. The average Bonchev–Trinajstić information content (AvgIpc) is 4.30. The van der Waals surface area contributed by atoms with Crippen molar-refractivity contribution in [2.45, 2.75) is 65.0 Å². The first kappa shape index (κ1) is 54.2. The van der Waals surface area contributed by atoms with Gasteiger partial charge in [0.2, 0.25) is 11.8 Å². The van der Waals surface area contributed by atoms with Gasteiger partial charge in [-0.2, -0.15) is 4.85 Å². The molecule has 8 aromatic rings. The number of pyridine rings is 1. The van der Waals surface area contributed by atoms with E-state index in [0.29, 0.717) is 79.5 Å². The lowest BCUT2D eigenvalue weighted by Crippen LogP contribution is -2.41. The Kier molecular flexibility index (Phi) is 16.7. The summed E-state index contributed by atoms with van der Waals surface area (Å²) in [4.78, 5) is 121. The molecule has 5 amide bonds. The Labute approximate surface area is 463 Å². The molecular formula is C50H46N13O8S6+. The topological polar surface area (TPSA) is 276 Å². The summed E-state index contributed by atoms with van der Waals surface area (Å²) >= 11 is 7.31. The van der Waals surface area contributed by atoms with Crippen molar-refractivity contribution in [1.29, 1.82) is 0 Å². The Morgan fingerprint density at radius 1 is 0.727 bits per heavy atom. The molecule has 0 spiro atoms. The quantitative estimate of drug-likeness (QED) is 0.0848. The number of methoxy groups -OCH3 is 1. The summed E-state index contributed by atoms with van der Waals surface area (Å²) in [5, 5.41) is 23.6. The maximum Gasteiger partial charge on any atom is 0.436 e. The molecule has 8 heterocycles. The highest BCUT2D eigenvalue weighted by Crippen LogP contribution is 2.41. The molecule has 1 aromatic carbocycles. The largest absolute Gasteiger partial charge is 0.455 e. The van der Waals surface area contributed by atoms with Gasteiger partial charge in [0.15, 0.2) is 6.10 Å². The number of hydrogen-bond donors (Lipinski definition) is 5. The summed E-state index contributed by atoms with van der Waals surface area (Å²) in [5.74, 6) is -3.37. The van der Waals surface area contributed by atoms with Crippen molar-refractivity contribution >= 4 is 109 Å². The lowest BCUT2D eigenvalue weighted by atomic mass is 10.0. The molecule has 5 N–H and O–H groups in total. The van der Waals surface area contributed by atoms with Crippen LogP contribution < -0.4 is 26.6 Å². The van der Waals surface area contributed by atoms with Crippen LogP contribution in [0.4, 0.5) is 5.82 Å². The van der Waals surface area contributed by atoms with E-state index in [4.69, 9.17) is 41.0 Å². The zero-order valence-electron chi connectivity index (χ0n) is 41.7. The SMILES string of the molecule is C#[N+]c1csc(-c2ccc3c(n2)-c2csc(n2)-c2csc(n2)[C@H]([C@@H](OC(C)=O)c2ccccc2)NC(=O)CNC(=O)c2nc(sc2COC)C(C(C)C)NC(=O)c2nc(sc2C)[C@H](CC(=O)NC)NC(=O)c2csc-3n2)n1. The van der Waals surface area contributed by atoms with Crippen LogP contribution in [-0.2, 0) is 30.5 Å². The Bertz CT molecular complexity index is 3580. The number of ether oxygens (including phenoxy) is 2. The number of esters is 1.